The van der Waals surface area contributed by atoms with Gasteiger partial charge in [0, 0.05) is 38.2 Å². The van der Waals surface area contributed by atoms with Crippen molar-refractivity contribution in [3.63, 3.8) is 0 Å². The van der Waals surface area contributed by atoms with Gasteiger partial charge in [0.2, 0.25) is 0 Å². The van der Waals surface area contributed by atoms with Gasteiger partial charge >= 0.3 is 5.97 Å². The molecular weight excluding hydrogens is 458 g/mol. The topological polar surface area (TPSA) is 45.7 Å². The van der Waals surface area contributed by atoms with E-state index in [4.69, 9.17) is 9.72 Å². The largest absolute Gasteiger partial charge is 0.466 e. The van der Waals surface area contributed by atoms with Gasteiger partial charge in [0.15, 0.2) is 0 Å². The Morgan fingerprint density at radius 2 is 1.59 bits per heavy atom. The van der Waals surface area contributed by atoms with Crippen LogP contribution in [-0.2, 0) is 20.4 Å². The SMILES string of the molecule is CC.CCOC(=O)CCCCN1CCN(c2cccc(-c3ccc4c(c3)C(C)(C)CCC4(C)C)n2)CC1. The van der Waals surface area contributed by atoms with Gasteiger partial charge in [-0.1, -0.05) is 59.7 Å². The zero-order valence-electron chi connectivity index (χ0n) is 24.4. The van der Waals surface area contributed by atoms with E-state index in [1.807, 2.05) is 20.8 Å². The van der Waals surface area contributed by atoms with E-state index in [1.54, 1.807) is 0 Å². The maximum Gasteiger partial charge on any atom is 0.305 e. The lowest BCUT2D eigenvalue weighted by Gasteiger charge is -2.42. The molecule has 204 valence electrons. The molecule has 1 fully saturated rings. The van der Waals surface area contributed by atoms with Crippen LogP contribution in [0, 0.1) is 0 Å². The van der Waals surface area contributed by atoms with Crippen molar-refractivity contribution in [1.29, 1.82) is 0 Å². The van der Waals surface area contributed by atoms with Crippen molar-refractivity contribution in [2.45, 2.75) is 91.4 Å². The van der Waals surface area contributed by atoms with E-state index in [0.717, 1.165) is 57.1 Å². The summed E-state index contributed by atoms with van der Waals surface area (Å²) in [6.07, 6.45) is 4.92. The summed E-state index contributed by atoms with van der Waals surface area (Å²) in [6, 6.07) is 13.4. The van der Waals surface area contributed by atoms with E-state index in [2.05, 4.69) is 73.9 Å². The molecule has 1 aliphatic heterocycles. The number of anilines is 1. The minimum Gasteiger partial charge on any atom is -0.466 e. The molecule has 5 nitrogen and oxygen atoms in total. The lowest BCUT2D eigenvalue weighted by Crippen LogP contribution is -2.46. The van der Waals surface area contributed by atoms with Crippen LogP contribution < -0.4 is 4.90 Å². The molecule has 2 aliphatic rings. The molecule has 2 heterocycles. The van der Waals surface area contributed by atoms with Gasteiger partial charge in [0.1, 0.15) is 5.82 Å². The zero-order valence-corrected chi connectivity index (χ0v) is 24.4. The first-order valence-electron chi connectivity index (χ1n) is 14.4. The molecule has 0 spiro atoms. The number of ether oxygens (including phenoxy) is 1. The first-order chi connectivity index (χ1) is 17.7. The van der Waals surface area contributed by atoms with Gasteiger partial charge in [-0.05, 0) is 79.3 Å². The summed E-state index contributed by atoms with van der Waals surface area (Å²) in [5.41, 5.74) is 5.69. The third-order valence-corrected chi connectivity index (χ3v) is 7.99. The van der Waals surface area contributed by atoms with Crippen molar-refractivity contribution in [3.05, 3.63) is 47.5 Å². The molecule has 0 radical (unpaired) electrons. The maximum atomic E-state index is 11.5. The predicted octanol–water partition coefficient (Wildman–Crippen LogP) is 6.98. The van der Waals surface area contributed by atoms with E-state index >= 15 is 0 Å². The highest BCUT2D eigenvalue weighted by molar-refractivity contribution is 5.69. The fourth-order valence-corrected chi connectivity index (χ4v) is 5.55. The van der Waals surface area contributed by atoms with E-state index < -0.39 is 0 Å². The minimum atomic E-state index is -0.0746. The van der Waals surface area contributed by atoms with Gasteiger partial charge in [-0.3, -0.25) is 9.69 Å². The average molecular weight is 508 g/mol. The van der Waals surface area contributed by atoms with Crippen LogP contribution in [0.4, 0.5) is 5.82 Å². The number of fused-ring (bicyclic) bond motifs is 1. The third-order valence-electron chi connectivity index (χ3n) is 7.99. The van der Waals surface area contributed by atoms with Gasteiger partial charge in [0.05, 0.1) is 12.3 Å². The summed E-state index contributed by atoms with van der Waals surface area (Å²) in [4.78, 5) is 21.5. The van der Waals surface area contributed by atoms with Crippen molar-refractivity contribution in [2.75, 3.05) is 44.2 Å². The second-order valence-corrected chi connectivity index (χ2v) is 11.5. The third kappa shape index (κ3) is 7.34. The van der Waals surface area contributed by atoms with E-state index in [9.17, 15) is 4.79 Å². The van der Waals surface area contributed by atoms with Crippen molar-refractivity contribution in [1.82, 2.24) is 9.88 Å². The van der Waals surface area contributed by atoms with Gasteiger partial charge < -0.3 is 9.64 Å². The normalized spacial score (nSPS) is 18.4. The first-order valence-corrected chi connectivity index (χ1v) is 14.4. The summed E-state index contributed by atoms with van der Waals surface area (Å²) in [5.74, 6) is 0.997. The molecule has 0 N–H and O–H groups in total. The maximum absolute atomic E-state index is 11.5. The number of rotatable bonds is 8. The molecule has 4 rings (SSSR count). The zero-order chi connectivity index (χ0) is 27.1. The molecule has 5 heteroatoms. The van der Waals surface area contributed by atoms with Crippen LogP contribution in [0.3, 0.4) is 0 Å². The fourth-order valence-electron chi connectivity index (χ4n) is 5.55. The lowest BCUT2D eigenvalue weighted by atomic mass is 9.63. The number of hydrogen-bond donors (Lipinski definition) is 0. The minimum absolute atomic E-state index is 0.0746. The van der Waals surface area contributed by atoms with Crippen LogP contribution >= 0.6 is 0 Å². The Morgan fingerprint density at radius 1 is 0.919 bits per heavy atom. The van der Waals surface area contributed by atoms with E-state index in [0.29, 0.717) is 13.0 Å². The monoisotopic (exact) mass is 507 g/mol. The number of aromatic nitrogens is 1. The smallest absolute Gasteiger partial charge is 0.305 e. The van der Waals surface area contributed by atoms with Gasteiger partial charge in [-0.2, -0.15) is 0 Å². The predicted molar refractivity (Wildman–Crippen MR) is 155 cm³/mol. The highest BCUT2D eigenvalue weighted by Gasteiger charge is 2.37. The number of pyridine rings is 1. The van der Waals surface area contributed by atoms with Crippen molar-refractivity contribution in [3.8, 4) is 11.3 Å². The van der Waals surface area contributed by atoms with Crippen LogP contribution in [0.5, 0.6) is 0 Å². The number of benzene rings is 1. The number of carbonyl (C=O) groups is 1. The van der Waals surface area contributed by atoms with Crippen molar-refractivity contribution < 1.29 is 9.53 Å². The Bertz CT molecular complexity index is 1020. The quantitative estimate of drug-likeness (QED) is 0.285. The second-order valence-electron chi connectivity index (χ2n) is 11.5. The van der Waals surface area contributed by atoms with Gasteiger partial charge in [0.25, 0.3) is 0 Å². The molecule has 37 heavy (non-hydrogen) atoms. The number of nitrogens with zero attached hydrogens (tertiary/aromatic N) is 3. The van der Waals surface area contributed by atoms with Crippen LogP contribution in [0.2, 0.25) is 0 Å². The number of carbonyl (C=O) groups excluding carboxylic acids is 1. The summed E-state index contributed by atoms with van der Waals surface area (Å²) >= 11 is 0. The molecule has 0 amide bonds. The summed E-state index contributed by atoms with van der Waals surface area (Å²) in [5, 5.41) is 0. The number of hydrogen-bond acceptors (Lipinski definition) is 5. The highest BCUT2D eigenvalue weighted by Crippen LogP contribution is 2.46. The Morgan fingerprint density at radius 3 is 2.27 bits per heavy atom. The van der Waals surface area contributed by atoms with Crippen LogP contribution in [0.15, 0.2) is 36.4 Å². The van der Waals surface area contributed by atoms with E-state index in [-0.39, 0.29) is 16.8 Å². The Hall–Kier alpha value is -2.40. The summed E-state index contributed by atoms with van der Waals surface area (Å²) < 4.78 is 5.02. The average Bonchev–Trinajstić information content (AvgIpc) is 2.91. The second kappa shape index (κ2) is 12.9. The standard InChI is InChI=1S/C30H43N3O2.C2H6/c1-6-35-28(34)12-7-8-17-32-18-20-33(21-19-32)27-11-9-10-26(31-27)23-13-14-24-25(22-23)30(4,5)16-15-29(24,2)3;1-2/h9-11,13-14,22H,6-8,12,15-21H2,1-5H3;1-2H3. The lowest BCUT2D eigenvalue weighted by molar-refractivity contribution is -0.143. The molecule has 1 aromatic carbocycles. The Labute approximate surface area is 225 Å². The number of piperazine rings is 1. The van der Waals surface area contributed by atoms with E-state index in [1.165, 1.54) is 29.5 Å². The number of esters is 1. The van der Waals surface area contributed by atoms with Crippen LogP contribution in [0.1, 0.15) is 91.7 Å². The molecular formula is C32H49N3O2. The Balaban J connectivity index is 0.00000186. The van der Waals surface area contributed by atoms with Crippen LogP contribution in [0.25, 0.3) is 11.3 Å². The number of unbranched alkanes of at least 4 members (excludes halogenated alkanes) is 1. The molecule has 1 aromatic heterocycles. The first kappa shape index (κ1) is 29.2. The molecule has 0 atom stereocenters. The fraction of sp³-hybridized carbons (Fsp3) is 0.625. The Kier molecular flexibility index (Phi) is 10.2. The molecule has 0 bridgehead atoms. The van der Waals surface area contributed by atoms with Crippen molar-refractivity contribution in [2.24, 2.45) is 0 Å². The van der Waals surface area contributed by atoms with Gasteiger partial charge in [-0.25, -0.2) is 4.98 Å². The summed E-state index contributed by atoms with van der Waals surface area (Å²) in [6.45, 7) is 20.9. The summed E-state index contributed by atoms with van der Waals surface area (Å²) in [7, 11) is 0. The molecule has 0 saturated carbocycles. The van der Waals surface area contributed by atoms with Crippen LogP contribution in [-0.4, -0.2) is 55.2 Å². The highest BCUT2D eigenvalue weighted by atomic mass is 16.5. The molecule has 0 unspecified atom stereocenters. The molecule has 1 aliphatic carbocycles. The molecule has 2 aromatic rings. The van der Waals surface area contributed by atoms with Gasteiger partial charge in [-0.15, -0.1) is 0 Å². The van der Waals surface area contributed by atoms with Crippen molar-refractivity contribution >= 4 is 11.8 Å². The molecule has 1 saturated heterocycles.